The first-order valence-corrected chi connectivity index (χ1v) is 11.3. The highest BCUT2D eigenvalue weighted by atomic mass is 32.2. The van der Waals surface area contributed by atoms with Crippen molar-refractivity contribution in [2.75, 3.05) is 7.11 Å². The van der Waals surface area contributed by atoms with E-state index in [1.807, 2.05) is 6.92 Å². The van der Waals surface area contributed by atoms with Gasteiger partial charge in [0.2, 0.25) is 9.84 Å². The molecule has 1 amide bonds. The van der Waals surface area contributed by atoms with Crippen molar-refractivity contribution in [2.45, 2.75) is 30.2 Å². The Labute approximate surface area is 187 Å². The number of benzene rings is 2. The average molecular weight is 452 g/mol. The van der Waals surface area contributed by atoms with Gasteiger partial charge in [-0.05, 0) is 79.7 Å². The van der Waals surface area contributed by atoms with E-state index in [4.69, 9.17) is 4.74 Å². The fourth-order valence-corrected chi connectivity index (χ4v) is 4.56. The first-order valence-electron chi connectivity index (χ1n) is 9.85. The molecule has 0 saturated heterocycles. The number of methoxy groups -OCH3 is 1. The van der Waals surface area contributed by atoms with Crippen molar-refractivity contribution < 1.29 is 17.9 Å². The Morgan fingerprint density at radius 2 is 1.78 bits per heavy atom. The van der Waals surface area contributed by atoms with Gasteiger partial charge in [0.25, 0.3) is 5.91 Å². The summed E-state index contributed by atoms with van der Waals surface area (Å²) in [6.45, 7) is 7.33. The van der Waals surface area contributed by atoms with Crippen LogP contribution < -0.4 is 10.1 Å². The molecule has 0 saturated carbocycles. The standard InChI is InChI=1S/C24H25N3O4S/c1-16-14-22(27-21(16)11-12-25-3)24(28)26-15-18-5-7-19(8-6-18)32(29,30)20-9-10-23(31-4)17(2)13-20/h5-14,27H,3,15H2,1-2,4H3,(H,26,28)/b12-11-. The summed E-state index contributed by atoms with van der Waals surface area (Å²) in [7, 11) is -2.11. The normalized spacial score (nSPS) is 11.5. The van der Waals surface area contributed by atoms with E-state index in [9.17, 15) is 13.2 Å². The number of aryl methyl sites for hydroxylation is 2. The minimum atomic E-state index is -3.65. The van der Waals surface area contributed by atoms with Crippen LogP contribution in [0.25, 0.3) is 6.08 Å². The summed E-state index contributed by atoms with van der Waals surface area (Å²) < 4.78 is 31.0. The van der Waals surface area contributed by atoms with Gasteiger partial charge in [-0.1, -0.05) is 12.1 Å². The monoisotopic (exact) mass is 451 g/mol. The fourth-order valence-electron chi connectivity index (χ4n) is 3.21. The molecule has 0 aliphatic heterocycles. The van der Waals surface area contributed by atoms with Crippen molar-refractivity contribution in [3.05, 3.63) is 82.8 Å². The van der Waals surface area contributed by atoms with Crippen molar-refractivity contribution in [2.24, 2.45) is 4.99 Å². The molecule has 0 aliphatic carbocycles. The van der Waals surface area contributed by atoms with Crippen LogP contribution in [0.1, 0.15) is 32.9 Å². The quantitative estimate of drug-likeness (QED) is 0.504. The summed E-state index contributed by atoms with van der Waals surface area (Å²) >= 11 is 0. The molecule has 1 aromatic heterocycles. The summed E-state index contributed by atoms with van der Waals surface area (Å²) in [6.07, 6.45) is 3.28. The lowest BCUT2D eigenvalue weighted by molar-refractivity contribution is 0.0946. The van der Waals surface area contributed by atoms with Crippen LogP contribution in [0.3, 0.4) is 0 Å². The highest BCUT2D eigenvalue weighted by Crippen LogP contribution is 2.26. The Hall–Kier alpha value is -3.65. The van der Waals surface area contributed by atoms with Crippen molar-refractivity contribution in [1.29, 1.82) is 0 Å². The lowest BCUT2D eigenvalue weighted by Crippen LogP contribution is -2.23. The number of carbonyl (C=O) groups is 1. The third-order valence-corrected chi connectivity index (χ3v) is 6.78. The molecule has 0 radical (unpaired) electrons. The highest BCUT2D eigenvalue weighted by Gasteiger charge is 2.19. The Balaban J connectivity index is 1.69. The zero-order valence-corrected chi connectivity index (χ0v) is 19.0. The molecular weight excluding hydrogens is 426 g/mol. The molecule has 2 N–H and O–H groups in total. The van der Waals surface area contributed by atoms with Crippen molar-refractivity contribution >= 4 is 28.5 Å². The van der Waals surface area contributed by atoms with E-state index in [2.05, 4.69) is 22.0 Å². The lowest BCUT2D eigenvalue weighted by Gasteiger charge is -2.10. The summed E-state index contributed by atoms with van der Waals surface area (Å²) in [5, 5.41) is 2.83. The van der Waals surface area contributed by atoms with E-state index in [0.29, 0.717) is 11.4 Å². The maximum absolute atomic E-state index is 12.9. The molecule has 0 fully saturated rings. The Bertz CT molecular complexity index is 1270. The van der Waals surface area contributed by atoms with Crippen LogP contribution in [-0.4, -0.2) is 33.1 Å². The van der Waals surface area contributed by atoms with Crippen LogP contribution in [0.4, 0.5) is 0 Å². The molecule has 8 heteroatoms. The molecule has 3 rings (SSSR count). The van der Waals surface area contributed by atoms with Gasteiger partial charge in [0.05, 0.1) is 16.9 Å². The van der Waals surface area contributed by atoms with Crippen LogP contribution in [0.15, 0.2) is 69.5 Å². The number of amides is 1. The smallest absolute Gasteiger partial charge is 0.267 e. The zero-order valence-electron chi connectivity index (χ0n) is 18.2. The molecule has 32 heavy (non-hydrogen) atoms. The third kappa shape index (κ3) is 4.97. The van der Waals surface area contributed by atoms with E-state index in [1.54, 1.807) is 68.8 Å². The van der Waals surface area contributed by atoms with Crippen molar-refractivity contribution in [3.63, 3.8) is 0 Å². The summed E-state index contributed by atoms with van der Waals surface area (Å²) in [5.74, 6) is 0.373. The van der Waals surface area contributed by atoms with Crippen molar-refractivity contribution in [3.8, 4) is 5.75 Å². The molecule has 0 spiro atoms. The Morgan fingerprint density at radius 3 is 2.41 bits per heavy atom. The maximum Gasteiger partial charge on any atom is 0.267 e. The van der Waals surface area contributed by atoms with Gasteiger partial charge in [-0.15, -0.1) is 0 Å². The predicted octanol–water partition coefficient (Wildman–Crippen LogP) is 4.07. The first-order chi connectivity index (χ1) is 15.3. The Morgan fingerprint density at radius 1 is 1.09 bits per heavy atom. The number of aromatic amines is 1. The predicted molar refractivity (Wildman–Crippen MR) is 125 cm³/mol. The van der Waals surface area contributed by atoms with Gasteiger partial charge >= 0.3 is 0 Å². The molecule has 0 atom stereocenters. The molecule has 166 valence electrons. The zero-order chi connectivity index (χ0) is 23.3. The second-order valence-corrected chi connectivity index (χ2v) is 9.19. The molecule has 0 aliphatic rings. The SMILES string of the molecule is C=N/C=C\c1[nH]c(C(=O)NCc2ccc(S(=O)(=O)c3ccc(OC)c(C)c3)cc2)cc1C. The lowest BCUT2D eigenvalue weighted by atomic mass is 10.2. The summed E-state index contributed by atoms with van der Waals surface area (Å²) in [4.78, 5) is 19.5. The molecule has 0 bridgehead atoms. The van der Waals surface area contributed by atoms with Gasteiger partial charge in [-0.25, -0.2) is 8.42 Å². The molecule has 2 aromatic carbocycles. The van der Waals surface area contributed by atoms with Gasteiger partial charge in [-0.3, -0.25) is 9.79 Å². The number of rotatable bonds is 8. The molecule has 3 aromatic rings. The number of aliphatic imine (C=N–C) groups is 1. The van der Waals surface area contributed by atoms with Gasteiger partial charge in [0.15, 0.2) is 0 Å². The molecule has 1 heterocycles. The number of hydrogen-bond donors (Lipinski definition) is 2. The van der Waals surface area contributed by atoms with Gasteiger partial charge < -0.3 is 15.0 Å². The van der Waals surface area contributed by atoms with Gasteiger partial charge in [0, 0.05) is 18.4 Å². The van der Waals surface area contributed by atoms with E-state index in [1.165, 1.54) is 6.07 Å². The highest BCUT2D eigenvalue weighted by molar-refractivity contribution is 7.91. The summed E-state index contributed by atoms with van der Waals surface area (Å²) in [5.41, 5.74) is 3.65. The van der Waals surface area contributed by atoms with Gasteiger partial charge in [0.1, 0.15) is 11.4 Å². The largest absolute Gasteiger partial charge is 0.496 e. The number of sulfone groups is 1. The van der Waals surface area contributed by atoms with Crippen LogP contribution in [0, 0.1) is 13.8 Å². The first kappa shape index (κ1) is 23.0. The molecule has 7 nitrogen and oxygen atoms in total. The van der Waals surface area contributed by atoms with Crippen molar-refractivity contribution in [1.82, 2.24) is 10.3 Å². The van der Waals surface area contributed by atoms with Crippen LogP contribution in [0.5, 0.6) is 5.75 Å². The second-order valence-electron chi connectivity index (χ2n) is 7.24. The second kappa shape index (κ2) is 9.65. The number of hydrogen-bond acceptors (Lipinski definition) is 5. The number of aromatic nitrogens is 1. The van der Waals surface area contributed by atoms with Crippen LogP contribution >= 0.6 is 0 Å². The van der Waals surface area contributed by atoms with Crippen LogP contribution in [0.2, 0.25) is 0 Å². The third-order valence-electron chi connectivity index (χ3n) is 5.01. The van der Waals surface area contributed by atoms with E-state index < -0.39 is 9.84 Å². The van der Waals surface area contributed by atoms with E-state index >= 15 is 0 Å². The van der Waals surface area contributed by atoms with Gasteiger partial charge in [-0.2, -0.15) is 0 Å². The van der Waals surface area contributed by atoms with Crippen LogP contribution in [-0.2, 0) is 16.4 Å². The maximum atomic E-state index is 12.9. The van der Waals surface area contributed by atoms with E-state index in [0.717, 1.165) is 22.4 Å². The minimum absolute atomic E-state index is 0.185. The number of H-pyrrole nitrogens is 1. The summed E-state index contributed by atoms with van der Waals surface area (Å²) in [6, 6.07) is 13.0. The minimum Gasteiger partial charge on any atom is -0.496 e. The number of carbonyl (C=O) groups excluding carboxylic acids is 1. The number of nitrogens with zero attached hydrogens (tertiary/aromatic N) is 1. The fraction of sp³-hybridized carbons (Fsp3) is 0.167. The molecule has 0 unspecified atom stereocenters. The topological polar surface area (TPSA) is 101 Å². The average Bonchev–Trinajstić information content (AvgIpc) is 3.16. The Kier molecular flexibility index (Phi) is 6.95. The number of ether oxygens (including phenoxy) is 1. The molecular formula is C24H25N3O4S. The number of nitrogens with one attached hydrogen (secondary N) is 2. The van der Waals surface area contributed by atoms with E-state index in [-0.39, 0.29) is 22.2 Å².